The van der Waals surface area contributed by atoms with Gasteiger partial charge in [-0.25, -0.2) is 0 Å². The van der Waals surface area contributed by atoms with Crippen LogP contribution in [0.1, 0.15) is 38.4 Å². The molecule has 1 saturated carbocycles. The van der Waals surface area contributed by atoms with Gasteiger partial charge in [0.2, 0.25) is 0 Å². The average Bonchev–Trinajstić information content (AvgIpc) is 2.96. The van der Waals surface area contributed by atoms with E-state index >= 15 is 0 Å². The van der Waals surface area contributed by atoms with Crippen molar-refractivity contribution in [3.05, 3.63) is 12.2 Å². The molecular weight excluding hydrogens is 280 g/mol. The van der Waals surface area contributed by atoms with Gasteiger partial charge in [0, 0.05) is 33.9 Å². The molecule has 0 saturated heterocycles. The number of hydrogen-bond donors (Lipinski definition) is 2. The standard InChI is InChI=1S/C15H28N6O/c1-4-21-12-19-20-13(21)10-17-14(16-2)18-11-15(6-5-7-15)8-9-22-3/h12H,4-11H2,1-3H3,(H2,16,17,18). The molecule has 2 N–H and O–H groups in total. The quantitative estimate of drug-likeness (QED) is 0.557. The van der Waals surface area contributed by atoms with Gasteiger partial charge in [-0.3, -0.25) is 4.99 Å². The Kier molecular flexibility index (Phi) is 6.18. The summed E-state index contributed by atoms with van der Waals surface area (Å²) in [5, 5.41) is 14.8. The Balaban J connectivity index is 1.80. The summed E-state index contributed by atoms with van der Waals surface area (Å²) in [6.07, 6.45) is 6.71. The van der Waals surface area contributed by atoms with Gasteiger partial charge in [-0.1, -0.05) is 6.42 Å². The van der Waals surface area contributed by atoms with Gasteiger partial charge in [-0.05, 0) is 31.6 Å². The summed E-state index contributed by atoms with van der Waals surface area (Å²) < 4.78 is 7.26. The van der Waals surface area contributed by atoms with Crippen molar-refractivity contribution in [1.82, 2.24) is 25.4 Å². The van der Waals surface area contributed by atoms with Crippen molar-refractivity contribution < 1.29 is 4.74 Å². The Hall–Kier alpha value is -1.63. The van der Waals surface area contributed by atoms with Crippen LogP contribution in [0.15, 0.2) is 11.3 Å². The maximum Gasteiger partial charge on any atom is 0.191 e. The van der Waals surface area contributed by atoms with Crippen molar-refractivity contribution in [2.24, 2.45) is 10.4 Å². The first-order valence-corrected chi connectivity index (χ1v) is 8.03. The molecule has 1 aromatic heterocycles. The van der Waals surface area contributed by atoms with E-state index in [-0.39, 0.29) is 0 Å². The van der Waals surface area contributed by atoms with Crippen LogP contribution >= 0.6 is 0 Å². The lowest BCUT2D eigenvalue weighted by molar-refractivity contribution is 0.0732. The third-order valence-electron chi connectivity index (χ3n) is 4.56. The Morgan fingerprint density at radius 3 is 2.86 bits per heavy atom. The fourth-order valence-corrected chi connectivity index (χ4v) is 2.85. The van der Waals surface area contributed by atoms with Gasteiger partial charge in [0.15, 0.2) is 11.8 Å². The van der Waals surface area contributed by atoms with Gasteiger partial charge in [0.1, 0.15) is 6.33 Å². The molecule has 124 valence electrons. The van der Waals surface area contributed by atoms with Crippen LogP contribution < -0.4 is 10.6 Å². The zero-order valence-electron chi connectivity index (χ0n) is 13.9. The number of nitrogens with one attached hydrogen (secondary N) is 2. The first-order valence-electron chi connectivity index (χ1n) is 8.03. The largest absolute Gasteiger partial charge is 0.385 e. The van der Waals surface area contributed by atoms with E-state index in [1.807, 2.05) is 4.57 Å². The first-order chi connectivity index (χ1) is 10.7. The van der Waals surface area contributed by atoms with Gasteiger partial charge in [0.05, 0.1) is 6.54 Å². The highest BCUT2D eigenvalue weighted by Gasteiger charge is 2.36. The van der Waals surface area contributed by atoms with E-state index in [2.05, 4.69) is 32.7 Å². The number of aliphatic imine (C=N–C) groups is 1. The fourth-order valence-electron chi connectivity index (χ4n) is 2.85. The third-order valence-corrected chi connectivity index (χ3v) is 4.56. The molecule has 1 heterocycles. The van der Waals surface area contributed by atoms with Gasteiger partial charge in [0.25, 0.3) is 0 Å². The lowest BCUT2D eigenvalue weighted by Gasteiger charge is -2.42. The van der Waals surface area contributed by atoms with Crippen molar-refractivity contribution in [3.8, 4) is 0 Å². The molecule has 0 amide bonds. The molecular formula is C15H28N6O. The molecule has 0 radical (unpaired) electrons. The summed E-state index contributed by atoms with van der Waals surface area (Å²) in [4.78, 5) is 4.29. The Bertz CT molecular complexity index is 480. The van der Waals surface area contributed by atoms with E-state index in [1.165, 1.54) is 19.3 Å². The van der Waals surface area contributed by atoms with Gasteiger partial charge >= 0.3 is 0 Å². The molecule has 2 rings (SSSR count). The van der Waals surface area contributed by atoms with Crippen LogP contribution in [0.3, 0.4) is 0 Å². The lowest BCUT2D eigenvalue weighted by Crippen LogP contribution is -2.46. The Morgan fingerprint density at radius 1 is 1.45 bits per heavy atom. The second kappa shape index (κ2) is 8.12. The van der Waals surface area contributed by atoms with Crippen LogP contribution in [0.25, 0.3) is 0 Å². The molecule has 1 aromatic rings. The normalized spacial score (nSPS) is 17.1. The summed E-state index contributed by atoms with van der Waals surface area (Å²) >= 11 is 0. The molecule has 7 heteroatoms. The topological polar surface area (TPSA) is 76.4 Å². The summed E-state index contributed by atoms with van der Waals surface area (Å²) in [5.74, 6) is 1.73. The van der Waals surface area contributed by atoms with Crippen LogP contribution in [-0.4, -0.2) is 48.0 Å². The molecule has 1 aliphatic carbocycles. The van der Waals surface area contributed by atoms with Crippen molar-refractivity contribution in [2.75, 3.05) is 27.3 Å². The summed E-state index contributed by atoms with van der Waals surface area (Å²) in [6.45, 7) is 5.34. The van der Waals surface area contributed by atoms with Crippen LogP contribution in [0.4, 0.5) is 0 Å². The molecule has 22 heavy (non-hydrogen) atoms. The predicted octanol–water partition coefficient (Wildman–Crippen LogP) is 1.17. The summed E-state index contributed by atoms with van der Waals surface area (Å²) in [7, 11) is 3.56. The SMILES string of the molecule is CCn1cnnc1CNC(=NC)NCC1(CCOC)CCC1. The fraction of sp³-hybridized carbons (Fsp3) is 0.800. The van der Waals surface area contributed by atoms with E-state index < -0.39 is 0 Å². The van der Waals surface area contributed by atoms with Crippen molar-refractivity contribution in [1.29, 1.82) is 0 Å². The molecule has 0 aliphatic heterocycles. The van der Waals surface area contributed by atoms with Gasteiger partial charge in [-0.2, -0.15) is 0 Å². The minimum atomic E-state index is 0.372. The molecule has 0 bridgehead atoms. The summed E-state index contributed by atoms with van der Waals surface area (Å²) in [6, 6.07) is 0. The molecule has 0 unspecified atom stereocenters. The number of aromatic nitrogens is 3. The van der Waals surface area contributed by atoms with Crippen molar-refractivity contribution >= 4 is 5.96 Å². The second-order valence-electron chi connectivity index (χ2n) is 5.91. The maximum absolute atomic E-state index is 5.24. The number of nitrogens with zero attached hydrogens (tertiary/aromatic N) is 4. The van der Waals surface area contributed by atoms with Gasteiger partial charge in [-0.15, -0.1) is 10.2 Å². The van der Waals surface area contributed by atoms with Crippen LogP contribution in [-0.2, 0) is 17.8 Å². The van der Waals surface area contributed by atoms with Crippen LogP contribution in [0.5, 0.6) is 0 Å². The minimum absolute atomic E-state index is 0.372. The van der Waals surface area contributed by atoms with Gasteiger partial charge < -0.3 is 19.9 Å². The van der Waals surface area contributed by atoms with E-state index in [9.17, 15) is 0 Å². The summed E-state index contributed by atoms with van der Waals surface area (Å²) in [5.41, 5.74) is 0.372. The van der Waals surface area contributed by atoms with Crippen molar-refractivity contribution in [2.45, 2.75) is 45.7 Å². The highest BCUT2D eigenvalue weighted by Crippen LogP contribution is 2.43. The number of aryl methyl sites for hydroxylation is 1. The first kappa shape index (κ1) is 16.7. The average molecular weight is 308 g/mol. The number of guanidine groups is 1. The Labute approximate surface area is 132 Å². The van der Waals surface area contributed by atoms with E-state index in [4.69, 9.17) is 4.74 Å². The van der Waals surface area contributed by atoms with Crippen LogP contribution in [0, 0.1) is 5.41 Å². The zero-order valence-corrected chi connectivity index (χ0v) is 13.9. The minimum Gasteiger partial charge on any atom is -0.385 e. The number of methoxy groups -OCH3 is 1. The number of ether oxygens (including phenoxy) is 1. The highest BCUT2D eigenvalue weighted by atomic mass is 16.5. The number of rotatable bonds is 8. The smallest absolute Gasteiger partial charge is 0.191 e. The van der Waals surface area contributed by atoms with Crippen molar-refractivity contribution in [3.63, 3.8) is 0 Å². The van der Waals surface area contributed by atoms with Crippen LogP contribution in [0.2, 0.25) is 0 Å². The highest BCUT2D eigenvalue weighted by molar-refractivity contribution is 5.79. The molecule has 1 fully saturated rings. The second-order valence-corrected chi connectivity index (χ2v) is 5.91. The molecule has 1 aliphatic rings. The molecule has 0 atom stereocenters. The molecule has 0 aromatic carbocycles. The van der Waals surface area contributed by atoms with E-state index in [0.717, 1.165) is 37.9 Å². The monoisotopic (exact) mass is 308 g/mol. The van der Waals surface area contributed by atoms with E-state index in [1.54, 1.807) is 20.5 Å². The lowest BCUT2D eigenvalue weighted by atomic mass is 9.67. The maximum atomic E-state index is 5.24. The van der Waals surface area contributed by atoms with E-state index in [0.29, 0.717) is 12.0 Å². The molecule has 0 spiro atoms. The predicted molar refractivity (Wildman–Crippen MR) is 86.7 cm³/mol. The zero-order chi connectivity index (χ0) is 15.8. The molecule has 7 nitrogen and oxygen atoms in total. The third kappa shape index (κ3) is 4.19. The number of hydrogen-bond acceptors (Lipinski definition) is 4. The Morgan fingerprint density at radius 2 is 2.27 bits per heavy atom.